The van der Waals surface area contributed by atoms with Crippen molar-refractivity contribution in [3.63, 3.8) is 0 Å². The molecule has 0 spiro atoms. The van der Waals surface area contributed by atoms with Gasteiger partial charge in [0.2, 0.25) is 5.91 Å². The molecule has 162 valence electrons. The number of anilines is 1. The minimum absolute atomic E-state index is 0.109. The van der Waals surface area contributed by atoms with Crippen LogP contribution in [0.25, 0.3) is 6.08 Å². The Labute approximate surface area is 189 Å². The second-order valence-electron chi connectivity index (χ2n) is 7.92. The molecule has 3 rings (SSSR count). The minimum atomic E-state index is -0.318. The summed E-state index contributed by atoms with van der Waals surface area (Å²) in [7, 11) is 1.75. The lowest BCUT2D eigenvalue weighted by atomic mass is 9.95. The first-order valence-corrected chi connectivity index (χ1v) is 11.1. The van der Waals surface area contributed by atoms with Crippen molar-refractivity contribution in [2.45, 2.75) is 45.1 Å². The lowest BCUT2D eigenvalue weighted by Crippen LogP contribution is -2.41. The molecule has 0 heterocycles. The van der Waals surface area contributed by atoms with E-state index in [9.17, 15) is 9.59 Å². The normalized spacial score (nSPS) is 14.3. The fourth-order valence-electron chi connectivity index (χ4n) is 3.66. The van der Waals surface area contributed by atoms with Crippen LogP contribution in [-0.4, -0.2) is 30.0 Å². The molecule has 2 aromatic carbocycles. The number of carbonyl (C=O) groups excluding carboxylic acids is 2. The summed E-state index contributed by atoms with van der Waals surface area (Å²) in [4.78, 5) is 26.9. The number of benzene rings is 2. The second-order valence-corrected chi connectivity index (χ2v) is 8.31. The highest BCUT2D eigenvalue weighted by atomic mass is 32.1. The van der Waals surface area contributed by atoms with Gasteiger partial charge in [-0.1, -0.05) is 61.2 Å². The van der Waals surface area contributed by atoms with Crippen molar-refractivity contribution in [3.8, 4) is 0 Å². The fraction of sp³-hybridized carbons (Fsp3) is 0.320. The number of hydrogen-bond acceptors (Lipinski definition) is 3. The standard InChI is InChI=1S/C25H29N3O2S/c1-18-12-14-19(15-13-18)16-17-23(29)27-25(31)28(2)22-11-7-6-10-21(22)24(30)26-20-8-4-3-5-9-20/h6-7,10-17,20H,3-5,8-9H2,1-2H3,(H,26,30)(H,27,29,31)/b17-16+. The van der Waals surface area contributed by atoms with E-state index in [0.29, 0.717) is 11.3 Å². The monoisotopic (exact) mass is 435 g/mol. The van der Waals surface area contributed by atoms with E-state index in [4.69, 9.17) is 12.2 Å². The predicted molar refractivity (Wildman–Crippen MR) is 130 cm³/mol. The zero-order chi connectivity index (χ0) is 22.2. The van der Waals surface area contributed by atoms with Gasteiger partial charge in [0.1, 0.15) is 0 Å². The Morgan fingerprint density at radius 1 is 1.03 bits per heavy atom. The van der Waals surface area contributed by atoms with Crippen molar-refractivity contribution in [1.29, 1.82) is 0 Å². The zero-order valence-electron chi connectivity index (χ0n) is 18.1. The lowest BCUT2D eigenvalue weighted by Gasteiger charge is -2.25. The summed E-state index contributed by atoms with van der Waals surface area (Å²) < 4.78 is 0. The molecule has 2 aromatic rings. The summed E-state index contributed by atoms with van der Waals surface area (Å²) in [6.07, 6.45) is 8.77. The van der Waals surface area contributed by atoms with Crippen LogP contribution in [-0.2, 0) is 4.79 Å². The summed E-state index contributed by atoms with van der Waals surface area (Å²) in [6.45, 7) is 2.02. The van der Waals surface area contributed by atoms with E-state index in [-0.39, 0.29) is 23.0 Å². The first-order valence-electron chi connectivity index (χ1n) is 10.7. The Morgan fingerprint density at radius 2 is 1.71 bits per heavy atom. The molecule has 0 unspecified atom stereocenters. The number of rotatable bonds is 5. The number of carbonyl (C=O) groups is 2. The van der Waals surface area contributed by atoms with Gasteiger partial charge in [-0.3, -0.25) is 14.9 Å². The largest absolute Gasteiger partial charge is 0.349 e. The second kappa shape index (κ2) is 10.9. The fourth-order valence-corrected chi connectivity index (χ4v) is 3.86. The van der Waals surface area contributed by atoms with Crippen LogP contribution in [0.4, 0.5) is 5.69 Å². The van der Waals surface area contributed by atoms with E-state index in [2.05, 4.69) is 10.6 Å². The third kappa shape index (κ3) is 6.49. The first-order chi connectivity index (χ1) is 14.9. The molecule has 0 saturated heterocycles. The van der Waals surface area contributed by atoms with Gasteiger partial charge in [0, 0.05) is 19.2 Å². The van der Waals surface area contributed by atoms with Crippen molar-refractivity contribution in [2.75, 3.05) is 11.9 Å². The van der Waals surface area contributed by atoms with E-state index in [0.717, 1.165) is 36.8 Å². The number of thiocarbonyl (C=S) groups is 1. The van der Waals surface area contributed by atoms with Gasteiger partial charge >= 0.3 is 0 Å². The molecule has 0 radical (unpaired) electrons. The van der Waals surface area contributed by atoms with Gasteiger partial charge < -0.3 is 10.2 Å². The average molecular weight is 436 g/mol. The smallest absolute Gasteiger partial charge is 0.253 e. The molecule has 2 N–H and O–H groups in total. The maximum Gasteiger partial charge on any atom is 0.253 e. The summed E-state index contributed by atoms with van der Waals surface area (Å²) in [5.74, 6) is -0.427. The molecule has 6 heteroatoms. The van der Waals surface area contributed by atoms with Gasteiger partial charge in [0.15, 0.2) is 5.11 Å². The number of aryl methyl sites for hydroxylation is 1. The van der Waals surface area contributed by atoms with Crippen LogP contribution in [0.2, 0.25) is 0 Å². The molecule has 1 aliphatic rings. The Balaban J connectivity index is 1.64. The van der Waals surface area contributed by atoms with Crippen LogP contribution in [0.5, 0.6) is 0 Å². The van der Waals surface area contributed by atoms with Gasteiger partial charge in [-0.2, -0.15) is 0 Å². The minimum Gasteiger partial charge on any atom is -0.349 e. The van der Waals surface area contributed by atoms with Gasteiger partial charge in [0.25, 0.3) is 5.91 Å². The van der Waals surface area contributed by atoms with Crippen LogP contribution in [0.1, 0.15) is 53.6 Å². The van der Waals surface area contributed by atoms with Crippen LogP contribution < -0.4 is 15.5 Å². The van der Waals surface area contributed by atoms with Gasteiger partial charge in [-0.15, -0.1) is 0 Å². The van der Waals surface area contributed by atoms with Crippen molar-refractivity contribution in [2.24, 2.45) is 0 Å². The number of hydrogen-bond donors (Lipinski definition) is 2. The number of nitrogens with one attached hydrogen (secondary N) is 2. The average Bonchev–Trinajstić information content (AvgIpc) is 2.79. The van der Waals surface area contributed by atoms with Crippen molar-refractivity contribution in [1.82, 2.24) is 10.6 Å². The van der Waals surface area contributed by atoms with Gasteiger partial charge in [-0.25, -0.2) is 0 Å². The van der Waals surface area contributed by atoms with Gasteiger partial charge in [-0.05, 0) is 55.8 Å². The summed E-state index contributed by atoms with van der Waals surface area (Å²) in [5.41, 5.74) is 3.30. The molecular weight excluding hydrogens is 406 g/mol. The van der Waals surface area contributed by atoms with E-state index < -0.39 is 0 Å². The lowest BCUT2D eigenvalue weighted by molar-refractivity contribution is -0.115. The topological polar surface area (TPSA) is 61.4 Å². The number of amides is 2. The number of nitrogens with zero attached hydrogens (tertiary/aromatic N) is 1. The van der Waals surface area contributed by atoms with E-state index in [1.807, 2.05) is 49.4 Å². The first kappa shape index (κ1) is 22.7. The van der Waals surface area contributed by atoms with Crippen molar-refractivity contribution in [3.05, 3.63) is 71.3 Å². The van der Waals surface area contributed by atoms with Gasteiger partial charge in [0.05, 0.1) is 11.3 Å². The molecule has 1 aliphatic carbocycles. The Morgan fingerprint density at radius 3 is 2.42 bits per heavy atom. The molecule has 0 aliphatic heterocycles. The highest BCUT2D eigenvalue weighted by molar-refractivity contribution is 7.80. The molecule has 1 fully saturated rings. The summed E-state index contributed by atoms with van der Waals surface area (Å²) in [6, 6.07) is 15.4. The molecule has 0 aromatic heterocycles. The SMILES string of the molecule is Cc1ccc(/C=C/C(=O)NC(=S)N(C)c2ccccc2C(=O)NC2CCCCC2)cc1. The van der Waals surface area contributed by atoms with Crippen LogP contribution >= 0.6 is 12.2 Å². The van der Waals surface area contributed by atoms with Crippen LogP contribution in [0.15, 0.2) is 54.6 Å². The third-order valence-electron chi connectivity index (χ3n) is 5.49. The summed E-state index contributed by atoms with van der Waals surface area (Å²) in [5, 5.41) is 6.09. The predicted octanol–water partition coefficient (Wildman–Crippen LogP) is 4.61. The quantitative estimate of drug-likeness (QED) is 0.532. The third-order valence-corrected chi connectivity index (χ3v) is 5.87. The van der Waals surface area contributed by atoms with Crippen molar-refractivity contribution < 1.29 is 9.59 Å². The maximum atomic E-state index is 12.9. The molecule has 31 heavy (non-hydrogen) atoms. The van der Waals surface area contributed by atoms with E-state index >= 15 is 0 Å². The van der Waals surface area contributed by atoms with E-state index in [1.54, 1.807) is 24.1 Å². The highest BCUT2D eigenvalue weighted by Gasteiger charge is 2.21. The molecule has 2 amide bonds. The summed E-state index contributed by atoms with van der Waals surface area (Å²) >= 11 is 5.42. The Bertz CT molecular complexity index is 963. The molecule has 5 nitrogen and oxygen atoms in total. The Hall–Kier alpha value is -2.99. The van der Waals surface area contributed by atoms with Crippen LogP contribution in [0.3, 0.4) is 0 Å². The van der Waals surface area contributed by atoms with E-state index in [1.165, 1.54) is 12.5 Å². The maximum absolute atomic E-state index is 12.9. The zero-order valence-corrected chi connectivity index (χ0v) is 18.9. The molecule has 1 saturated carbocycles. The molecule has 0 atom stereocenters. The van der Waals surface area contributed by atoms with Crippen LogP contribution in [0, 0.1) is 6.92 Å². The highest BCUT2D eigenvalue weighted by Crippen LogP contribution is 2.22. The molecule has 0 bridgehead atoms. The Kier molecular flexibility index (Phi) is 7.95. The number of para-hydroxylation sites is 1. The molecular formula is C25H29N3O2S. The van der Waals surface area contributed by atoms with Crippen molar-refractivity contribution >= 4 is 40.9 Å².